The minimum atomic E-state index is 0.709. The molecule has 0 bridgehead atoms. The number of rotatable bonds is 5. The van der Waals surface area contributed by atoms with E-state index in [4.69, 9.17) is 9.97 Å². The van der Waals surface area contributed by atoms with Gasteiger partial charge in [0.2, 0.25) is 0 Å². The predicted molar refractivity (Wildman–Crippen MR) is 100.0 cm³/mol. The number of benzene rings is 1. The Bertz CT molecular complexity index is 862. The zero-order valence-electron chi connectivity index (χ0n) is 14.7. The van der Waals surface area contributed by atoms with E-state index in [2.05, 4.69) is 24.2 Å². The highest BCUT2D eigenvalue weighted by atomic mass is 15.3. The Balaban J connectivity index is 2.12. The molecule has 0 aliphatic heterocycles. The van der Waals surface area contributed by atoms with Crippen molar-refractivity contribution in [2.45, 2.75) is 19.8 Å². The maximum absolute atomic E-state index is 4.76. The van der Waals surface area contributed by atoms with Gasteiger partial charge in [0, 0.05) is 21.1 Å². The molecule has 0 saturated heterocycles. The molecule has 0 saturated carbocycles. The molecule has 24 heavy (non-hydrogen) atoms. The van der Waals surface area contributed by atoms with Crippen LogP contribution in [0.3, 0.4) is 0 Å². The van der Waals surface area contributed by atoms with Crippen LogP contribution in [0.2, 0.25) is 0 Å². The number of fused-ring (bicyclic) bond motifs is 1. The summed E-state index contributed by atoms with van der Waals surface area (Å²) < 4.78 is 1.89. The lowest BCUT2D eigenvalue weighted by atomic mass is 10.2. The third-order valence-corrected chi connectivity index (χ3v) is 3.89. The molecule has 5 heteroatoms. The highest BCUT2D eigenvalue weighted by molar-refractivity contribution is 5.89. The zero-order chi connectivity index (χ0) is 17.1. The fourth-order valence-electron chi connectivity index (χ4n) is 2.76. The monoisotopic (exact) mass is 321 g/mol. The van der Waals surface area contributed by atoms with Crippen molar-refractivity contribution in [3.8, 4) is 0 Å². The molecule has 0 aliphatic rings. The smallest absolute Gasteiger partial charge is 0.158 e. The SMILES string of the molecule is CCCc1nn(C)c2c(N(C)C)nc(/C=C/c3ccccc3)nc12. The van der Waals surface area contributed by atoms with Gasteiger partial charge in [-0.1, -0.05) is 49.8 Å². The third kappa shape index (κ3) is 3.15. The van der Waals surface area contributed by atoms with E-state index in [1.54, 1.807) is 0 Å². The number of hydrogen-bond acceptors (Lipinski definition) is 4. The van der Waals surface area contributed by atoms with E-state index < -0.39 is 0 Å². The van der Waals surface area contributed by atoms with E-state index in [0.717, 1.165) is 41.0 Å². The largest absolute Gasteiger partial charge is 0.361 e. The third-order valence-electron chi connectivity index (χ3n) is 3.89. The van der Waals surface area contributed by atoms with E-state index in [-0.39, 0.29) is 0 Å². The summed E-state index contributed by atoms with van der Waals surface area (Å²) in [6.45, 7) is 2.16. The summed E-state index contributed by atoms with van der Waals surface area (Å²) in [5.74, 6) is 1.60. The molecular weight excluding hydrogens is 298 g/mol. The molecule has 0 aliphatic carbocycles. The molecule has 0 amide bonds. The molecule has 0 unspecified atom stereocenters. The molecule has 0 atom stereocenters. The predicted octanol–water partition coefficient (Wildman–Crippen LogP) is 3.55. The number of hydrogen-bond donors (Lipinski definition) is 0. The quantitative estimate of drug-likeness (QED) is 0.721. The van der Waals surface area contributed by atoms with Gasteiger partial charge < -0.3 is 4.90 Å². The fraction of sp³-hybridized carbons (Fsp3) is 0.316. The van der Waals surface area contributed by atoms with E-state index in [0.29, 0.717) is 5.82 Å². The van der Waals surface area contributed by atoms with Crippen molar-refractivity contribution in [2.75, 3.05) is 19.0 Å². The first-order valence-corrected chi connectivity index (χ1v) is 8.24. The van der Waals surface area contributed by atoms with Crippen molar-refractivity contribution in [1.29, 1.82) is 0 Å². The Morgan fingerprint density at radius 2 is 1.83 bits per heavy atom. The summed E-state index contributed by atoms with van der Waals surface area (Å²) in [5.41, 5.74) is 4.11. The van der Waals surface area contributed by atoms with Gasteiger partial charge in [0.1, 0.15) is 11.0 Å². The molecule has 124 valence electrons. The van der Waals surface area contributed by atoms with Crippen LogP contribution in [-0.2, 0) is 13.5 Å². The van der Waals surface area contributed by atoms with Gasteiger partial charge in [0.05, 0.1) is 5.69 Å². The molecule has 0 spiro atoms. The molecule has 5 nitrogen and oxygen atoms in total. The molecule has 0 fully saturated rings. The maximum atomic E-state index is 4.76. The second kappa shape index (κ2) is 6.83. The first kappa shape index (κ1) is 16.2. The lowest BCUT2D eigenvalue weighted by Gasteiger charge is -2.13. The highest BCUT2D eigenvalue weighted by Crippen LogP contribution is 2.26. The highest BCUT2D eigenvalue weighted by Gasteiger charge is 2.17. The molecule has 2 heterocycles. The van der Waals surface area contributed by atoms with E-state index in [9.17, 15) is 0 Å². The van der Waals surface area contributed by atoms with Gasteiger partial charge >= 0.3 is 0 Å². The Kier molecular flexibility index (Phi) is 4.60. The summed E-state index contributed by atoms with van der Waals surface area (Å²) >= 11 is 0. The van der Waals surface area contributed by atoms with Crippen LogP contribution < -0.4 is 4.90 Å². The van der Waals surface area contributed by atoms with E-state index in [1.165, 1.54) is 0 Å². The van der Waals surface area contributed by atoms with Crippen LogP contribution in [0.4, 0.5) is 5.82 Å². The van der Waals surface area contributed by atoms with Gasteiger partial charge in [-0.3, -0.25) is 4.68 Å². The first-order valence-electron chi connectivity index (χ1n) is 8.24. The second-order valence-corrected chi connectivity index (χ2v) is 6.06. The lowest BCUT2D eigenvalue weighted by molar-refractivity contribution is 0.751. The molecule has 3 rings (SSSR count). The standard InChI is InChI=1S/C19H23N5/c1-5-9-15-17-18(24(4)22-15)19(23(2)3)21-16(20-17)13-12-14-10-7-6-8-11-14/h6-8,10-13H,5,9H2,1-4H3/b13-12+. The summed E-state index contributed by atoms with van der Waals surface area (Å²) in [5, 5.41) is 4.65. The van der Waals surface area contributed by atoms with Crippen LogP contribution in [-0.4, -0.2) is 33.8 Å². The number of aryl methyl sites for hydroxylation is 2. The number of nitrogens with zero attached hydrogens (tertiary/aromatic N) is 5. The molecule has 0 radical (unpaired) electrons. The maximum Gasteiger partial charge on any atom is 0.158 e. The van der Waals surface area contributed by atoms with Crippen LogP contribution >= 0.6 is 0 Å². The lowest BCUT2D eigenvalue weighted by Crippen LogP contribution is -2.13. The van der Waals surface area contributed by atoms with Gasteiger partial charge in [-0.2, -0.15) is 5.10 Å². The second-order valence-electron chi connectivity index (χ2n) is 6.06. The molecular formula is C19H23N5. The van der Waals surface area contributed by atoms with Crippen LogP contribution in [0.25, 0.3) is 23.2 Å². The van der Waals surface area contributed by atoms with Crippen molar-refractivity contribution >= 4 is 29.0 Å². The van der Waals surface area contributed by atoms with Gasteiger partial charge in [-0.05, 0) is 18.1 Å². The van der Waals surface area contributed by atoms with Gasteiger partial charge in [0.25, 0.3) is 0 Å². The topological polar surface area (TPSA) is 46.8 Å². The Morgan fingerprint density at radius 3 is 2.50 bits per heavy atom. The first-order chi connectivity index (χ1) is 11.6. The number of anilines is 1. The van der Waals surface area contributed by atoms with Crippen molar-refractivity contribution < 1.29 is 0 Å². The van der Waals surface area contributed by atoms with Gasteiger partial charge in [-0.15, -0.1) is 0 Å². The van der Waals surface area contributed by atoms with Crippen LogP contribution in [0.5, 0.6) is 0 Å². The molecule has 0 N–H and O–H groups in total. The Morgan fingerprint density at radius 1 is 1.08 bits per heavy atom. The van der Waals surface area contributed by atoms with E-state index >= 15 is 0 Å². The molecule has 1 aromatic carbocycles. The summed E-state index contributed by atoms with van der Waals surface area (Å²) in [7, 11) is 5.95. The molecule has 3 aromatic rings. The Hall–Kier alpha value is -2.69. The van der Waals surface area contributed by atoms with Crippen LogP contribution in [0, 0.1) is 0 Å². The van der Waals surface area contributed by atoms with Gasteiger partial charge in [0.15, 0.2) is 11.6 Å². The van der Waals surface area contributed by atoms with Crippen LogP contribution in [0.15, 0.2) is 30.3 Å². The van der Waals surface area contributed by atoms with Gasteiger partial charge in [-0.25, -0.2) is 9.97 Å². The van der Waals surface area contributed by atoms with Crippen molar-refractivity contribution in [2.24, 2.45) is 7.05 Å². The van der Waals surface area contributed by atoms with Crippen molar-refractivity contribution in [1.82, 2.24) is 19.7 Å². The number of aromatic nitrogens is 4. The average Bonchev–Trinajstić information content (AvgIpc) is 2.89. The van der Waals surface area contributed by atoms with E-state index in [1.807, 2.05) is 61.1 Å². The zero-order valence-corrected chi connectivity index (χ0v) is 14.7. The average molecular weight is 321 g/mol. The molecule has 2 aromatic heterocycles. The minimum absolute atomic E-state index is 0.709. The van der Waals surface area contributed by atoms with Crippen molar-refractivity contribution in [3.05, 3.63) is 47.4 Å². The van der Waals surface area contributed by atoms with Crippen LogP contribution in [0.1, 0.15) is 30.4 Å². The normalized spacial score (nSPS) is 11.5. The Labute approximate surface area is 142 Å². The minimum Gasteiger partial charge on any atom is -0.361 e. The summed E-state index contributed by atoms with van der Waals surface area (Å²) in [6.07, 6.45) is 5.96. The summed E-state index contributed by atoms with van der Waals surface area (Å²) in [6, 6.07) is 10.2. The van der Waals surface area contributed by atoms with Crippen molar-refractivity contribution in [3.63, 3.8) is 0 Å². The summed E-state index contributed by atoms with van der Waals surface area (Å²) in [4.78, 5) is 11.5. The fourth-order valence-corrected chi connectivity index (χ4v) is 2.76.